The summed E-state index contributed by atoms with van der Waals surface area (Å²) in [5.74, 6) is 1.19. The van der Waals surface area contributed by atoms with E-state index < -0.39 is 0 Å². The van der Waals surface area contributed by atoms with E-state index in [-0.39, 0.29) is 12.5 Å². The number of carbonyl (C=O) groups is 1. The summed E-state index contributed by atoms with van der Waals surface area (Å²) in [6.45, 7) is 2.55. The van der Waals surface area contributed by atoms with Gasteiger partial charge in [0.2, 0.25) is 5.91 Å². The molecule has 2 aromatic heterocycles. The average Bonchev–Trinajstić information content (AvgIpc) is 2.98. The summed E-state index contributed by atoms with van der Waals surface area (Å²) in [5, 5.41) is 7.16. The Balaban J connectivity index is 1.59. The minimum atomic E-state index is -0.164. The summed E-state index contributed by atoms with van der Waals surface area (Å²) in [6.07, 6.45) is 3.43. The van der Waals surface area contributed by atoms with Crippen molar-refractivity contribution in [3.05, 3.63) is 59.9 Å². The van der Waals surface area contributed by atoms with Crippen molar-refractivity contribution in [2.45, 2.75) is 20.1 Å². The maximum absolute atomic E-state index is 12.3. The third-order valence-electron chi connectivity index (χ3n) is 3.92. The topological polar surface area (TPSA) is 69.0 Å². The quantitative estimate of drug-likeness (QED) is 0.805. The second kappa shape index (κ2) is 5.81. The normalized spacial score (nSPS) is 12.0. The monoisotopic (exact) mass is 320 g/mol. The first kappa shape index (κ1) is 14.4. The lowest BCUT2D eigenvalue weighted by molar-refractivity contribution is -0.116. The Kier molecular flexibility index (Phi) is 3.49. The molecule has 1 aliphatic heterocycles. The van der Waals surface area contributed by atoms with E-state index in [0.29, 0.717) is 12.4 Å². The van der Waals surface area contributed by atoms with Gasteiger partial charge in [0.15, 0.2) is 0 Å². The molecule has 24 heavy (non-hydrogen) atoms. The molecule has 0 aliphatic carbocycles. The van der Waals surface area contributed by atoms with Crippen molar-refractivity contribution in [3.63, 3.8) is 0 Å². The predicted octanol–water partition coefficient (Wildman–Crippen LogP) is 2.78. The Bertz CT molecular complexity index is 917. The lowest BCUT2D eigenvalue weighted by atomic mass is 10.0. The van der Waals surface area contributed by atoms with Crippen LogP contribution in [0.1, 0.15) is 11.1 Å². The number of nitrogens with zero attached hydrogens (tertiary/aromatic N) is 3. The first-order valence-electron chi connectivity index (χ1n) is 7.70. The number of benzene rings is 1. The van der Waals surface area contributed by atoms with Crippen LogP contribution < -0.4 is 10.1 Å². The van der Waals surface area contributed by atoms with Crippen LogP contribution in [0.25, 0.3) is 11.3 Å². The molecule has 0 atom stereocenters. The van der Waals surface area contributed by atoms with Crippen LogP contribution in [0.4, 0.5) is 5.82 Å². The molecule has 0 bridgehead atoms. The van der Waals surface area contributed by atoms with Crippen molar-refractivity contribution in [1.29, 1.82) is 0 Å². The first-order valence-corrected chi connectivity index (χ1v) is 7.70. The standard InChI is InChI=1S/C18H16N4O2/c1-12-6-7-19-16(8-12)21-17(23)10-22-18-13(9-20-22)11-24-15-5-3-2-4-14(15)18/h2-9H,10-11H2,1H3,(H,19,21,23). The van der Waals surface area contributed by atoms with Crippen molar-refractivity contribution >= 4 is 11.7 Å². The number of nitrogens with one attached hydrogen (secondary N) is 1. The zero-order valence-electron chi connectivity index (χ0n) is 13.2. The van der Waals surface area contributed by atoms with Gasteiger partial charge in [-0.1, -0.05) is 12.1 Å². The molecule has 0 saturated carbocycles. The summed E-state index contributed by atoms with van der Waals surface area (Å²) in [7, 11) is 0. The number of anilines is 1. The zero-order valence-corrected chi connectivity index (χ0v) is 13.2. The van der Waals surface area contributed by atoms with Gasteiger partial charge in [0, 0.05) is 17.3 Å². The highest BCUT2D eigenvalue weighted by molar-refractivity contribution is 5.90. The van der Waals surface area contributed by atoms with Gasteiger partial charge in [-0.25, -0.2) is 4.98 Å². The molecule has 0 spiro atoms. The molecule has 1 N–H and O–H groups in total. The van der Waals surface area contributed by atoms with E-state index in [1.54, 1.807) is 17.1 Å². The molecule has 3 aromatic rings. The molecule has 6 heteroatoms. The molecule has 1 amide bonds. The summed E-state index contributed by atoms with van der Waals surface area (Å²) in [4.78, 5) is 16.5. The molecule has 1 aromatic carbocycles. The first-order chi connectivity index (χ1) is 11.7. The number of amides is 1. The highest BCUT2D eigenvalue weighted by Gasteiger charge is 2.22. The largest absolute Gasteiger partial charge is 0.488 e. The maximum atomic E-state index is 12.3. The van der Waals surface area contributed by atoms with Gasteiger partial charge in [-0.15, -0.1) is 0 Å². The van der Waals surface area contributed by atoms with E-state index in [0.717, 1.165) is 28.1 Å². The van der Waals surface area contributed by atoms with E-state index >= 15 is 0 Å². The van der Waals surface area contributed by atoms with Gasteiger partial charge in [-0.2, -0.15) is 5.10 Å². The molecule has 4 rings (SSSR count). The Labute approximate surface area is 139 Å². The predicted molar refractivity (Wildman–Crippen MR) is 89.6 cm³/mol. The number of aromatic nitrogens is 3. The van der Waals surface area contributed by atoms with Gasteiger partial charge in [0.1, 0.15) is 24.7 Å². The lowest BCUT2D eigenvalue weighted by Gasteiger charge is -2.19. The van der Waals surface area contributed by atoms with Crippen LogP contribution in [-0.2, 0) is 17.9 Å². The minimum absolute atomic E-state index is 0.124. The Morgan fingerprint density at radius 2 is 2.21 bits per heavy atom. The number of para-hydroxylation sites is 1. The van der Waals surface area contributed by atoms with Crippen LogP contribution in [-0.4, -0.2) is 20.7 Å². The highest BCUT2D eigenvalue weighted by Crippen LogP contribution is 2.36. The summed E-state index contributed by atoms with van der Waals surface area (Å²) in [6, 6.07) is 11.5. The number of hydrogen-bond donors (Lipinski definition) is 1. The van der Waals surface area contributed by atoms with Gasteiger partial charge in [-0.3, -0.25) is 9.48 Å². The third kappa shape index (κ3) is 2.62. The number of carbonyl (C=O) groups excluding carboxylic acids is 1. The number of rotatable bonds is 3. The minimum Gasteiger partial charge on any atom is -0.488 e. The van der Waals surface area contributed by atoms with Crippen LogP contribution in [0.15, 0.2) is 48.8 Å². The molecule has 1 aliphatic rings. The summed E-state index contributed by atoms with van der Waals surface area (Å²) < 4.78 is 7.42. The molecular weight excluding hydrogens is 304 g/mol. The highest BCUT2D eigenvalue weighted by atomic mass is 16.5. The molecule has 0 unspecified atom stereocenters. The van der Waals surface area contributed by atoms with E-state index in [1.165, 1.54) is 0 Å². The lowest BCUT2D eigenvalue weighted by Crippen LogP contribution is -2.21. The second-order valence-electron chi connectivity index (χ2n) is 5.73. The molecule has 3 heterocycles. The van der Waals surface area contributed by atoms with Crippen molar-refractivity contribution in [3.8, 4) is 17.0 Å². The van der Waals surface area contributed by atoms with Crippen LogP contribution >= 0.6 is 0 Å². The number of ether oxygens (including phenoxy) is 1. The number of pyridine rings is 1. The smallest absolute Gasteiger partial charge is 0.247 e. The number of hydrogen-bond acceptors (Lipinski definition) is 4. The Hall–Kier alpha value is -3.15. The fourth-order valence-electron chi connectivity index (χ4n) is 2.83. The zero-order chi connectivity index (χ0) is 16.5. The fraction of sp³-hybridized carbons (Fsp3) is 0.167. The average molecular weight is 320 g/mol. The van der Waals surface area contributed by atoms with Gasteiger partial charge in [0.05, 0.1) is 11.9 Å². The molecular formula is C18H16N4O2. The van der Waals surface area contributed by atoms with Crippen LogP contribution in [0.3, 0.4) is 0 Å². The molecule has 0 radical (unpaired) electrons. The van der Waals surface area contributed by atoms with Crippen molar-refractivity contribution in [2.75, 3.05) is 5.32 Å². The van der Waals surface area contributed by atoms with Crippen LogP contribution in [0.2, 0.25) is 0 Å². The van der Waals surface area contributed by atoms with Gasteiger partial charge < -0.3 is 10.1 Å². The fourth-order valence-corrected chi connectivity index (χ4v) is 2.83. The number of aryl methyl sites for hydroxylation is 1. The summed E-state index contributed by atoms with van der Waals surface area (Å²) >= 11 is 0. The Morgan fingerprint density at radius 1 is 1.33 bits per heavy atom. The van der Waals surface area contributed by atoms with Crippen molar-refractivity contribution in [1.82, 2.24) is 14.8 Å². The third-order valence-corrected chi connectivity index (χ3v) is 3.92. The van der Waals surface area contributed by atoms with Gasteiger partial charge in [-0.05, 0) is 36.8 Å². The molecule has 120 valence electrons. The van der Waals surface area contributed by atoms with Crippen LogP contribution in [0.5, 0.6) is 5.75 Å². The molecule has 6 nitrogen and oxygen atoms in total. The summed E-state index contributed by atoms with van der Waals surface area (Å²) in [5.41, 5.74) is 3.92. The van der Waals surface area contributed by atoms with Crippen molar-refractivity contribution in [2.24, 2.45) is 0 Å². The SMILES string of the molecule is Cc1ccnc(NC(=O)Cn2ncc3c2-c2ccccc2OC3)c1. The van der Waals surface area contributed by atoms with E-state index in [2.05, 4.69) is 15.4 Å². The van der Waals surface area contributed by atoms with Gasteiger partial charge >= 0.3 is 0 Å². The van der Waals surface area contributed by atoms with E-state index in [9.17, 15) is 4.79 Å². The van der Waals surface area contributed by atoms with Gasteiger partial charge in [0.25, 0.3) is 0 Å². The van der Waals surface area contributed by atoms with E-state index in [1.807, 2.05) is 43.3 Å². The maximum Gasteiger partial charge on any atom is 0.247 e. The molecule has 0 saturated heterocycles. The molecule has 0 fully saturated rings. The van der Waals surface area contributed by atoms with E-state index in [4.69, 9.17) is 4.74 Å². The number of fused-ring (bicyclic) bond motifs is 3. The second-order valence-corrected chi connectivity index (χ2v) is 5.73. The van der Waals surface area contributed by atoms with Crippen molar-refractivity contribution < 1.29 is 9.53 Å². The van der Waals surface area contributed by atoms with Crippen LogP contribution in [0, 0.1) is 6.92 Å². The Morgan fingerprint density at radius 3 is 3.08 bits per heavy atom.